The Balaban J connectivity index is 1.91. The zero-order chi connectivity index (χ0) is 14.2. The van der Waals surface area contributed by atoms with Gasteiger partial charge in [0.2, 0.25) is 5.91 Å². The lowest BCUT2D eigenvalue weighted by atomic mass is 10.00. The van der Waals surface area contributed by atoms with Crippen molar-refractivity contribution >= 4 is 11.6 Å². The monoisotopic (exact) mass is 274 g/mol. The van der Waals surface area contributed by atoms with Crippen molar-refractivity contribution in [2.75, 3.05) is 31.6 Å². The Morgan fingerprint density at radius 2 is 2.25 bits per heavy atom. The Bertz CT molecular complexity index is 614. The minimum atomic E-state index is -1.43. The van der Waals surface area contributed by atoms with Gasteiger partial charge in [0.15, 0.2) is 5.67 Å². The number of anilines is 1. The fourth-order valence-electron chi connectivity index (χ4n) is 2.15. The molecule has 2 aliphatic heterocycles. The van der Waals surface area contributed by atoms with Crippen LogP contribution in [0, 0.1) is 11.8 Å². The summed E-state index contributed by atoms with van der Waals surface area (Å²) in [5.41, 5.74) is -0.0675. The normalized spacial score (nSPS) is 19.9. The van der Waals surface area contributed by atoms with Crippen molar-refractivity contribution in [1.82, 2.24) is 5.32 Å². The first-order valence-corrected chi connectivity index (χ1v) is 6.54. The number of carbonyl (C=O) groups excluding carboxylic acids is 1. The highest BCUT2D eigenvalue weighted by Crippen LogP contribution is 2.31. The van der Waals surface area contributed by atoms with E-state index >= 15 is 0 Å². The SMILES string of the molecule is CN1C(=O)CCOc2ccc(C#CC3(F)CNC3)cc21. The molecule has 0 bridgehead atoms. The molecule has 1 aromatic carbocycles. The van der Waals surface area contributed by atoms with Crippen LogP contribution in [0.1, 0.15) is 12.0 Å². The smallest absolute Gasteiger partial charge is 0.230 e. The first-order chi connectivity index (χ1) is 9.57. The van der Waals surface area contributed by atoms with E-state index in [1.54, 1.807) is 30.1 Å². The van der Waals surface area contributed by atoms with Crippen LogP contribution in [0.15, 0.2) is 18.2 Å². The quantitative estimate of drug-likeness (QED) is 0.720. The van der Waals surface area contributed by atoms with Crippen LogP contribution >= 0.6 is 0 Å². The van der Waals surface area contributed by atoms with Gasteiger partial charge in [0.1, 0.15) is 5.75 Å². The number of nitrogens with zero attached hydrogens (tertiary/aromatic N) is 1. The van der Waals surface area contributed by atoms with Gasteiger partial charge in [-0.05, 0) is 18.2 Å². The lowest BCUT2D eigenvalue weighted by Crippen LogP contribution is -2.55. The molecule has 0 aliphatic carbocycles. The maximum atomic E-state index is 13.8. The van der Waals surface area contributed by atoms with Crippen molar-refractivity contribution in [2.24, 2.45) is 0 Å². The van der Waals surface area contributed by atoms with E-state index in [1.807, 2.05) is 0 Å². The molecule has 1 N–H and O–H groups in total. The maximum Gasteiger partial charge on any atom is 0.230 e. The Morgan fingerprint density at radius 3 is 2.95 bits per heavy atom. The van der Waals surface area contributed by atoms with Crippen LogP contribution in [0.25, 0.3) is 0 Å². The summed E-state index contributed by atoms with van der Waals surface area (Å²) in [5, 5.41) is 2.86. The van der Waals surface area contributed by atoms with Gasteiger partial charge in [-0.25, -0.2) is 4.39 Å². The molecule has 3 rings (SSSR count). The molecule has 5 heteroatoms. The fourth-order valence-corrected chi connectivity index (χ4v) is 2.15. The van der Waals surface area contributed by atoms with Gasteiger partial charge in [0.05, 0.1) is 18.7 Å². The van der Waals surface area contributed by atoms with Crippen LogP contribution < -0.4 is 15.0 Å². The molecule has 1 amide bonds. The third kappa shape index (κ3) is 2.35. The van der Waals surface area contributed by atoms with Gasteiger partial charge in [0, 0.05) is 25.7 Å². The molecule has 0 saturated carbocycles. The van der Waals surface area contributed by atoms with Crippen molar-refractivity contribution in [3.63, 3.8) is 0 Å². The predicted molar refractivity (Wildman–Crippen MR) is 73.6 cm³/mol. The molecule has 0 radical (unpaired) electrons. The summed E-state index contributed by atoms with van der Waals surface area (Å²) in [5.74, 6) is 6.13. The minimum Gasteiger partial charge on any atom is -0.491 e. The molecule has 0 spiro atoms. The number of hydrogen-bond donors (Lipinski definition) is 1. The van der Waals surface area contributed by atoms with Gasteiger partial charge in [-0.1, -0.05) is 11.8 Å². The zero-order valence-corrected chi connectivity index (χ0v) is 11.2. The number of fused-ring (bicyclic) bond motifs is 1. The lowest BCUT2D eigenvalue weighted by Gasteiger charge is -2.29. The first kappa shape index (κ1) is 12.9. The first-order valence-electron chi connectivity index (χ1n) is 6.54. The molecular weight excluding hydrogens is 259 g/mol. The molecule has 0 aromatic heterocycles. The molecule has 0 atom stereocenters. The summed E-state index contributed by atoms with van der Waals surface area (Å²) in [6.45, 7) is 0.916. The largest absolute Gasteiger partial charge is 0.491 e. The van der Waals surface area contributed by atoms with Crippen molar-refractivity contribution in [3.05, 3.63) is 23.8 Å². The van der Waals surface area contributed by atoms with Gasteiger partial charge in [-0.3, -0.25) is 4.79 Å². The van der Waals surface area contributed by atoms with Crippen molar-refractivity contribution in [3.8, 4) is 17.6 Å². The Labute approximate surface area is 116 Å². The summed E-state index contributed by atoms with van der Waals surface area (Å²) < 4.78 is 19.3. The van der Waals surface area contributed by atoms with E-state index in [0.29, 0.717) is 30.0 Å². The van der Waals surface area contributed by atoms with Crippen molar-refractivity contribution < 1.29 is 13.9 Å². The van der Waals surface area contributed by atoms with Gasteiger partial charge < -0.3 is 15.0 Å². The summed E-state index contributed by atoms with van der Waals surface area (Å²) in [6, 6.07) is 5.32. The van der Waals surface area contributed by atoms with Crippen LogP contribution in [0.3, 0.4) is 0 Å². The van der Waals surface area contributed by atoms with E-state index in [4.69, 9.17) is 4.74 Å². The molecular formula is C15H15FN2O2. The number of alkyl halides is 1. The highest BCUT2D eigenvalue weighted by Gasteiger charge is 2.34. The minimum absolute atomic E-state index is 0.000913. The Hall–Kier alpha value is -2.06. The van der Waals surface area contributed by atoms with Crippen molar-refractivity contribution in [1.29, 1.82) is 0 Å². The summed E-state index contributed by atoms with van der Waals surface area (Å²) in [6.07, 6.45) is 0.353. The third-order valence-electron chi connectivity index (χ3n) is 3.51. The van der Waals surface area contributed by atoms with E-state index < -0.39 is 5.67 Å². The van der Waals surface area contributed by atoms with E-state index in [9.17, 15) is 9.18 Å². The number of carbonyl (C=O) groups is 1. The molecule has 104 valence electrons. The van der Waals surface area contributed by atoms with Gasteiger partial charge in [-0.15, -0.1) is 0 Å². The number of rotatable bonds is 0. The van der Waals surface area contributed by atoms with E-state index in [0.717, 1.165) is 0 Å². The summed E-state index contributed by atoms with van der Waals surface area (Å²) in [7, 11) is 1.71. The topological polar surface area (TPSA) is 41.6 Å². The van der Waals surface area contributed by atoms with E-state index in [1.165, 1.54) is 0 Å². The molecule has 0 unspecified atom stereocenters. The van der Waals surface area contributed by atoms with Crippen LogP contribution in [0.5, 0.6) is 5.75 Å². The highest BCUT2D eigenvalue weighted by molar-refractivity contribution is 5.95. The predicted octanol–water partition coefficient (Wildman–Crippen LogP) is 1.09. The summed E-state index contributed by atoms with van der Waals surface area (Å²) >= 11 is 0. The van der Waals surface area contributed by atoms with Gasteiger partial charge in [0.25, 0.3) is 0 Å². The van der Waals surface area contributed by atoms with E-state index in [2.05, 4.69) is 17.2 Å². The molecule has 2 heterocycles. The standard InChI is InChI=1S/C15H15FN2O2/c1-18-12-8-11(4-6-15(16)9-17-10-15)2-3-13(12)20-7-5-14(18)19/h2-3,8,17H,5,7,9-10H2,1H3. The molecule has 1 fully saturated rings. The number of ether oxygens (including phenoxy) is 1. The van der Waals surface area contributed by atoms with Crippen LogP contribution in [0.4, 0.5) is 10.1 Å². The lowest BCUT2D eigenvalue weighted by molar-refractivity contribution is -0.118. The molecule has 4 nitrogen and oxygen atoms in total. The average molecular weight is 274 g/mol. The van der Waals surface area contributed by atoms with E-state index in [-0.39, 0.29) is 19.0 Å². The molecule has 20 heavy (non-hydrogen) atoms. The Kier molecular flexibility index (Phi) is 3.11. The number of amides is 1. The second-order valence-electron chi connectivity index (χ2n) is 5.05. The van der Waals surface area contributed by atoms with Crippen LogP contribution in [0.2, 0.25) is 0 Å². The second-order valence-corrected chi connectivity index (χ2v) is 5.05. The molecule has 1 saturated heterocycles. The number of nitrogens with one attached hydrogen (secondary N) is 1. The van der Waals surface area contributed by atoms with Crippen molar-refractivity contribution in [2.45, 2.75) is 12.1 Å². The van der Waals surface area contributed by atoms with Crippen LogP contribution in [-0.2, 0) is 4.79 Å². The second kappa shape index (κ2) is 4.80. The number of benzene rings is 1. The fraction of sp³-hybridized carbons (Fsp3) is 0.400. The highest BCUT2D eigenvalue weighted by atomic mass is 19.1. The van der Waals surface area contributed by atoms with Gasteiger partial charge >= 0.3 is 0 Å². The maximum absolute atomic E-state index is 13.8. The molecule has 2 aliphatic rings. The average Bonchev–Trinajstić information content (AvgIpc) is 2.55. The number of hydrogen-bond acceptors (Lipinski definition) is 3. The molecule has 1 aromatic rings. The van der Waals surface area contributed by atoms with Crippen LogP contribution in [-0.4, -0.2) is 38.3 Å². The summed E-state index contributed by atoms with van der Waals surface area (Å²) in [4.78, 5) is 13.4. The Morgan fingerprint density at radius 1 is 1.45 bits per heavy atom. The van der Waals surface area contributed by atoms with Gasteiger partial charge in [-0.2, -0.15) is 0 Å². The third-order valence-corrected chi connectivity index (χ3v) is 3.51. The number of halogens is 1. The zero-order valence-electron chi connectivity index (χ0n) is 11.2.